The van der Waals surface area contributed by atoms with Crippen LogP contribution in [0.2, 0.25) is 0 Å². The van der Waals surface area contributed by atoms with Crippen molar-refractivity contribution in [1.82, 2.24) is 4.98 Å². The van der Waals surface area contributed by atoms with Gasteiger partial charge in [-0.15, -0.1) is 0 Å². The van der Waals surface area contributed by atoms with E-state index in [-0.39, 0.29) is 0 Å². The van der Waals surface area contributed by atoms with Gasteiger partial charge in [-0.1, -0.05) is 104 Å². The monoisotopic (exact) mass is 623 g/mol. The molecule has 2 aromatic heterocycles. The van der Waals surface area contributed by atoms with Crippen molar-refractivity contribution in [2.75, 3.05) is 0 Å². The second kappa shape index (κ2) is 9.82. The van der Waals surface area contributed by atoms with E-state index in [1.165, 1.54) is 38.4 Å². The summed E-state index contributed by atoms with van der Waals surface area (Å²) in [5, 5.41) is 7.17. The first-order chi connectivity index (χ1) is 20.9. The van der Waals surface area contributed by atoms with Crippen molar-refractivity contribution in [2.24, 2.45) is 0 Å². The summed E-state index contributed by atoms with van der Waals surface area (Å²) in [5.41, 5.74) is 8.95. The van der Waals surface area contributed by atoms with E-state index in [0.717, 1.165) is 48.8 Å². The van der Waals surface area contributed by atoms with Crippen LogP contribution in [-0.4, -0.2) is 4.98 Å². The molecule has 0 bridgehead atoms. The number of hydrogen-bond acceptors (Lipinski definition) is 1. The first-order valence-corrected chi connectivity index (χ1v) is 15.8. The van der Waals surface area contributed by atoms with E-state index in [0.29, 0.717) is 11.8 Å². The van der Waals surface area contributed by atoms with Gasteiger partial charge < -0.3 is 4.42 Å². The minimum absolute atomic E-state index is 0.336. The molecule has 0 unspecified atom stereocenters. The maximum absolute atomic E-state index is 6.82. The first kappa shape index (κ1) is 26.2. The zero-order valence-electron chi connectivity index (χ0n) is 24.7. The zero-order chi connectivity index (χ0) is 29.4. The molecule has 210 valence electrons. The summed E-state index contributed by atoms with van der Waals surface area (Å²) in [7, 11) is 0. The zero-order valence-corrected chi connectivity index (χ0v) is 26.3. The van der Waals surface area contributed by atoms with Crippen LogP contribution in [0.25, 0.3) is 71.6 Å². The van der Waals surface area contributed by atoms with Crippen LogP contribution in [0.1, 0.15) is 50.7 Å². The Hall–Kier alpha value is -4.41. The fraction of sp³-hybridized carbons (Fsp3) is 0.154. The predicted octanol–water partition coefficient (Wildman–Crippen LogP) is 11.3. The van der Waals surface area contributed by atoms with Gasteiger partial charge in [0.2, 0.25) is 0 Å². The number of nitrogens with one attached hydrogen (secondary N) is 1. The summed E-state index contributed by atoms with van der Waals surface area (Å²) < 4.78 is 10.4. The molecule has 0 saturated carbocycles. The van der Waals surface area contributed by atoms with E-state index < -0.39 is 0 Å². The van der Waals surface area contributed by atoms with Gasteiger partial charge in [-0.3, -0.25) is 0 Å². The van der Waals surface area contributed by atoms with Crippen LogP contribution in [0, 0.1) is 0 Å². The number of halogens is 1. The largest absolute Gasteiger partial charge is 0.455 e. The van der Waals surface area contributed by atoms with Crippen LogP contribution in [-0.2, 0) is 0 Å². The number of aromatic nitrogens is 2. The van der Waals surface area contributed by atoms with Gasteiger partial charge in [0.15, 0.2) is 16.6 Å². The standard InChI is InChI=1S/C39H31BrN2O/c1-22(2)30-19-26(40)20-31(23(3)4)37(30)42-35-15-8-7-14-34(35)41-39(42)29-13-9-12-28-33-18-25-17-16-24-10-5-6-11-27(24)32(25)21-36(33)43-38(28)29/h5-23H,1-4H3/p+1. The fourth-order valence-corrected chi connectivity index (χ4v) is 7.26. The number of imidazole rings is 1. The summed E-state index contributed by atoms with van der Waals surface area (Å²) in [6.07, 6.45) is 0. The minimum atomic E-state index is 0.336. The van der Waals surface area contributed by atoms with Crippen molar-refractivity contribution in [3.63, 3.8) is 0 Å². The Kier molecular flexibility index (Phi) is 5.99. The van der Waals surface area contributed by atoms with Crippen LogP contribution in [0.4, 0.5) is 0 Å². The topological polar surface area (TPSA) is 32.8 Å². The molecule has 0 aliphatic heterocycles. The van der Waals surface area contributed by atoms with E-state index in [1.807, 2.05) is 0 Å². The van der Waals surface area contributed by atoms with Gasteiger partial charge in [0.1, 0.15) is 16.8 Å². The average Bonchev–Trinajstić information content (AvgIpc) is 3.57. The average molecular weight is 625 g/mol. The van der Waals surface area contributed by atoms with Crippen molar-refractivity contribution in [2.45, 2.75) is 39.5 Å². The van der Waals surface area contributed by atoms with E-state index in [2.05, 4.69) is 156 Å². The third kappa shape index (κ3) is 4.04. The van der Waals surface area contributed by atoms with Crippen molar-refractivity contribution >= 4 is 70.4 Å². The molecule has 0 aliphatic carbocycles. The lowest BCUT2D eigenvalue weighted by Crippen LogP contribution is -2.35. The number of H-pyrrole nitrogens is 1. The van der Waals surface area contributed by atoms with E-state index >= 15 is 0 Å². The summed E-state index contributed by atoms with van der Waals surface area (Å²) in [4.78, 5) is 3.81. The summed E-state index contributed by atoms with van der Waals surface area (Å²) in [6, 6.07) is 37.2. The smallest absolute Gasteiger partial charge is 0.296 e. The van der Waals surface area contributed by atoms with Crippen LogP contribution in [0.5, 0.6) is 0 Å². The normalized spacial score (nSPS) is 12.3. The summed E-state index contributed by atoms with van der Waals surface area (Å²) >= 11 is 3.81. The number of hydrogen-bond donors (Lipinski definition) is 1. The lowest BCUT2D eigenvalue weighted by molar-refractivity contribution is -0.556. The highest BCUT2D eigenvalue weighted by atomic mass is 79.9. The molecular formula is C39H32BrN2O+. The van der Waals surface area contributed by atoms with Gasteiger partial charge in [-0.25, -0.2) is 4.98 Å². The van der Waals surface area contributed by atoms with Gasteiger partial charge in [0.05, 0.1) is 0 Å². The molecular weight excluding hydrogens is 592 g/mol. The van der Waals surface area contributed by atoms with Crippen LogP contribution >= 0.6 is 15.9 Å². The third-order valence-electron chi connectivity index (χ3n) is 8.84. The third-order valence-corrected chi connectivity index (χ3v) is 9.30. The molecule has 0 fully saturated rings. The second-order valence-corrected chi connectivity index (χ2v) is 13.1. The van der Waals surface area contributed by atoms with Crippen molar-refractivity contribution in [3.8, 4) is 17.1 Å². The Bertz CT molecular complexity index is 2340. The van der Waals surface area contributed by atoms with Gasteiger partial charge in [-0.2, -0.15) is 4.57 Å². The number of nitrogens with zero attached hydrogens (tertiary/aromatic N) is 1. The molecule has 2 heterocycles. The van der Waals surface area contributed by atoms with Crippen LogP contribution < -0.4 is 4.57 Å². The Balaban J connectivity index is 1.47. The number of aromatic amines is 1. The molecule has 1 N–H and O–H groups in total. The van der Waals surface area contributed by atoms with E-state index in [9.17, 15) is 0 Å². The summed E-state index contributed by atoms with van der Waals surface area (Å²) in [6.45, 7) is 9.11. The predicted molar refractivity (Wildman–Crippen MR) is 183 cm³/mol. The Morgan fingerprint density at radius 1 is 0.651 bits per heavy atom. The quantitative estimate of drug-likeness (QED) is 0.153. The molecule has 0 atom stereocenters. The maximum Gasteiger partial charge on any atom is 0.296 e. The second-order valence-electron chi connectivity index (χ2n) is 12.2. The highest BCUT2D eigenvalue weighted by molar-refractivity contribution is 9.10. The van der Waals surface area contributed by atoms with Gasteiger partial charge in [0.25, 0.3) is 5.82 Å². The van der Waals surface area contributed by atoms with Gasteiger partial charge >= 0.3 is 0 Å². The lowest BCUT2D eigenvalue weighted by Gasteiger charge is -2.19. The molecule has 4 heteroatoms. The molecule has 0 radical (unpaired) electrons. The molecule has 0 aliphatic rings. The molecule has 43 heavy (non-hydrogen) atoms. The molecule has 3 nitrogen and oxygen atoms in total. The first-order valence-electron chi connectivity index (χ1n) is 15.0. The number of fused-ring (bicyclic) bond motifs is 7. The highest BCUT2D eigenvalue weighted by Gasteiger charge is 2.30. The lowest BCUT2D eigenvalue weighted by atomic mass is 9.92. The van der Waals surface area contributed by atoms with Gasteiger partial charge in [-0.05, 0) is 75.8 Å². The van der Waals surface area contributed by atoms with Crippen LogP contribution in [0.15, 0.2) is 112 Å². The van der Waals surface area contributed by atoms with E-state index in [1.54, 1.807) is 0 Å². The number of para-hydroxylation sites is 3. The Labute approximate surface area is 258 Å². The van der Waals surface area contributed by atoms with Crippen molar-refractivity contribution in [3.05, 3.63) is 119 Å². The van der Waals surface area contributed by atoms with Crippen molar-refractivity contribution in [1.29, 1.82) is 0 Å². The molecule has 0 spiro atoms. The maximum atomic E-state index is 6.82. The Morgan fingerprint density at radius 2 is 1.35 bits per heavy atom. The molecule has 8 aromatic rings. The van der Waals surface area contributed by atoms with E-state index in [4.69, 9.17) is 4.42 Å². The Morgan fingerprint density at radius 3 is 2.14 bits per heavy atom. The molecule has 6 aromatic carbocycles. The number of furan rings is 1. The van der Waals surface area contributed by atoms with Gasteiger partial charge in [0, 0.05) is 26.4 Å². The summed E-state index contributed by atoms with van der Waals surface area (Å²) in [5.74, 6) is 1.69. The molecule has 0 amide bonds. The molecule has 0 saturated heterocycles. The highest BCUT2D eigenvalue weighted by Crippen LogP contribution is 2.40. The van der Waals surface area contributed by atoms with Crippen LogP contribution in [0.3, 0.4) is 0 Å². The fourth-order valence-electron chi connectivity index (χ4n) is 6.76. The molecule has 8 rings (SSSR count). The number of benzene rings is 6. The number of rotatable bonds is 4. The minimum Gasteiger partial charge on any atom is -0.455 e. The SMILES string of the molecule is CC(C)c1cc(Br)cc(C(C)C)c1-[n+]1c(-c2cccc3c2oc2cc4c(ccc5ccccc54)cc23)[nH]c2ccccc21. The van der Waals surface area contributed by atoms with Crippen molar-refractivity contribution < 1.29 is 8.98 Å².